The van der Waals surface area contributed by atoms with Gasteiger partial charge in [0.2, 0.25) is 6.34 Å². The number of rotatable bonds is 8. The first-order chi connectivity index (χ1) is 16.8. The van der Waals surface area contributed by atoms with E-state index in [1.165, 1.54) is 83.3 Å². The molecule has 2 nitrogen and oxygen atoms in total. The Morgan fingerprint density at radius 1 is 0.722 bits per heavy atom. The van der Waals surface area contributed by atoms with Gasteiger partial charge in [-0.2, -0.15) is 0 Å². The summed E-state index contributed by atoms with van der Waals surface area (Å²) in [4.78, 5) is 2.62. The summed E-state index contributed by atoms with van der Waals surface area (Å²) in [7, 11) is -6.00. The zero-order valence-corrected chi connectivity index (χ0v) is 23.3. The van der Waals surface area contributed by atoms with Crippen molar-refractivity contribution in [1.82, 2.24) is 0 Å². The van der Waals surface area contributed by atoms with E-state index >= 15 is 0 Å². The summed E-state index contributed by atoms with van der Waals surface area (Å²) in [6.45, 7) is 18.2. The number of aryl methyl sites for hydroxylation is 2. The van der Waals surface area contributed by atoms with Crippen LogP contribution in [0.5, 0.6) is 0 Å². The minimum Gasteiger partial charge on any atom is -0.418 e. The lowest BCUT2D eigenvalue weighted by atomic mass is 9.94. The van der Waals surface area contributed by atoms with Crippen LogP contribution in [0.15, 0.2) is 24.3 Å². The van der Waals surface area contributed by atoms with Crippen LogP contribution in [0.2, 0.25) is 0 Å². The summed E-state index contributed by atoms with van der Waals surface area (Å²) < 4.78 is 41.6. The van der Waals surface area contributed by atoms with E-state index < -0.39 is 7.25 Å². The molecule has 0 saturated heterocycles. The quantitative estimate of drug-likeness (QED) is 0.197. The Bertz CT molecular complexity index is 1060. The van der Waals surface area contributed by atoms with E-state index in [1.54, 1.807) is 0 Å². The minimum atomic E-state index is -6.00. The fraction of sp³-hybridized carbons (Fsp3) is 0.552. The number of unbranched alkanes of at least 4 members (excludes halogenated alkanes) is 2. The van der Waals surface area contributed by atoms with E-state index in [9.17, 15) is 17.3 Å². The summed E-state index contributed by atoms with van der Waals surface area (Å²) in [5.74, 6) is 0. The van der Waals surface area contributed by atoms with Gasteiger partial charge in [-0.25, -0.2) is 9.48 Å². The third-order valence-electron chi connectivity index (χ3n) is 7.73. The van der Waals surface area contributed by atoms with Gasteiger partial charge < -0.3 is 17.3 Å². The second kappa shape index (κ2) is 12.8. The molecule has 2 unspecified atom stereocenters. The van der Waals surface area contributed by atoms with Crippen LogP contribution in [0.3, 0.4) is 0 Å². The molecule has 36 heavy (non-hydrogen) atoms. The molecule has 0 radical (unpaired) electrons. The van der Waals surface area contributed by atoms with Gasteiger partial charge >= 0.3 is 7.25 Å². The van der Waals surface area contributed by atoms with E-state index in [4.69, 9.17) is 0 Å². The second-order valence-electron chi connectivity index (χ2n) is 10.1. The van der Waals surface area contributed by atoms with Crippen molar-refractivity contribution in [3.05, 3.63) is 57.6 Å². The highest BCUT2D eigenvalue weighted by Gasteiger charge is 2.43. The second-order valence-corrected chi connectivity index (χ2v) is 10.1. The van der Waals surface area contributed by atoms with Gasteiger partial charge in [-0.3, -0.25) is 0 Å². The fourth-order valence-corrected chi connectivity index (χ4v) is 5.09. The van der Waals surface area contributed by atoms with Crippen molar-refractivity contribution >= 4 is 25.0 Å². The Kier molecular flexibility index (Phi) is 10.6. The van der Waals surface area contributed by atoms with Crippen molar-refractivity contribution in [2.24, 2.45) is 0 Å². The topological polar surface area (TPSA) is 6.25 Å². The van der Waals surface area contributed by atoms with Gasteiger partial charge in [0.05, 0.1) is 0 Å². The molecule has 0 aromatic heterocycles. The van der Waals surface area contributed by atoms with Crippen molar-refractivity contribution in [1.29, 1.82) is 0 Å². The third-order valence-corrected chi connectivity index (χ3v) is 7.73. The van der Waals surface area contributed by atoms with E-state index in [0.717, 1.165) is 0 Å². The van der Waals surface area contributed by atoms with Crippen LogP contribution in [-0.2, 0) is 0 Å². The van der Waals surface area contributed by atoms with Crippen LogP contribution in [0, 0.1) is 41.5 Å². The van der Waals surface area contributed by atoms with E-state index in [1.807, 2.05) is 0 Å². The maximum absolute atomic E-state index is 9.75. The number of anilines is 1. The molecular weight excluding hydrogens is 463 g/mol. The molecule has 1 aliphatic heterocycles. The molecule has 0 aliphatic carbocycles. The molecule has 0 fully saturated rings. The van der Waals surface area contributed by atoms with Crippen molar-refractivity contribution in [3.8, 4) is 0 Å². The predicted octanol–water partition coefficient (Wildman–Crippen LogP) is 9.15. The maximum Gasteiger partial charge on any atom is 0.673 e. The van der Waals surface area contributed by atoms with Gasteiger partial charge in [0.25, 0.3) is 0 Å². The molecule has 1 heterocycles. The van der Waals surface area contributed by atoms with Gasteiger partial charge in [0.1, 0.15) is 23.5 Å². The standard InChI is InChI=1S/C29H43N2.BF4/c1-9-11-13-28-29(14-12-10-2)31(27-18-16-21(4)23(6)25(27)8)19-30(28)26-17-15-20(3)22(5)24(26)7;2-1(3,4)5/h15-19,28-29H,9-14H2,1-8H3;/q+1;-1. The maximum atomic E-state index is 9.75. The van der Waals surface area contributed by atoms with E-state index in [-0.39, 0.29) is 0 Å². The first-order valence-electron chi connectivity index (χ1n) is 13.2. The van der Waals surface area contributed by atoms with Crippen molar-refractivity contribution < 1.29 is 21.8 Å². The molecule has 2 aromatic carbocycles. The molecule has 7 heteroatoms. The van der Waals surface area contributed by atoms with Crippen LogP contribution in [0.25, 0.3) is 0 Å². The molecule has 0 amide bonds. The summed E-state index contributed by atoms with van der Waals surface area (Å²) in [5, 5.41) is 0. The summed E-state index contributed by atoms with van der Waals surface area (Å²) in [5.41, 5.74) is 11.2. The van der Waals surface area contributed by atoms with E-state index in [0.29, 0.717) is 12.1 Å². The fourth-order valence-electron chi connectivity index (χ4n) is 5.09. The molecule has 0 spiro atoms. The summed E-state index contributed by atoms with van der Waals surface area (Å²) in [6, 6.07) is 10.3. The number of nitrogens with zero attached hydrogens (tertiary/aromatic N) is 2. The molecular formula is C29H43BF4N2. The van der Waals surface area contributed by atoms with Crippen LogP contribution < -0.4 is 4.90 Å². The summed E-state index contributed by atoms with van der Waals surface area (Å²) >= 11 is 0. The minimum absolute atomic E-state index is 0.522. The zero-order chi connectivity index (χ0) is 27.2. The molecule has 1 aliphatic rings. The van der Waals surface area contributed by atoms with Gasteiger partial charge in [0.15, 0.2) is 0 Å². The van der Waals surface area contributed by atoms with Gasteiger partial charge in [-0.05, 0) is 113 Å². The number of hydrogen-bond acceptors (Lipinski definition) is 1. The number of benzene rings is 2. The lowest BCUT2D eigenvalue weighted by Crippen LogP contribution is -2.39. The van der Waals surface area contributed by atoms with Gasteiger partial charge in [0, 0.05) is 0 Å². The molecule has 0 saturated carbocycles. The molecule has 2 aromatic rings. The molecule has 200 valence electrons. The van der Waals surface area contributed by atoms with Crippen molar-refractivity contribution in [2.45, 2.75) is 106 Å². The van der Waals surface area contributed by atoms with Gasteiger partial charge in [-0.1, -0.05) is 38.8 Å². The molecule has 3 rings (SSSR count). The Labute approximate surface area is 215 Å². The highest BCUT2D eigenvalue weighted by atomic mass is 19.5. The van der Waals surface area contributed by atoms with E-state index in [2.05, 4.69) is 95.5 Å². The Morgan fingerprint density at radius 2 is 1.22 bits per heavy atom. The Hall–Kier alpha value is -2.31. The number of halogens is 4. The predicted molar refractivity (Wildman–Crippen MR) is 147 cm³/mol. The molecule has 2 atom stereocenters. The lowest BCUT2D eigenvalue weighted by molar-refractivity contribution is -0.476. The van der Waals surface area contributed by atoms with Crippen LogP contribution in [0.4, 0.5) is 28.6 Å². The highest BCUT2D eigenvalue weighted by Crippen LogP contribution is 2.37. The van der Waals surface area contributed by atoms with Gasteiger partial charge in [-0.15, -0.1) is 0 Å². The number of hydrogen-bond donors (Lipinski definition) is 0. The first kappa shape index (κ1) is 29.9. The monoisotopic (exact) mass is 506 g/mol. The largest absolute Gasteiger partial charge is 0.673 e. The first-order valence-corrected chi connectivity index (χ1v) is 13.2. The lowest BCUT2D eigenvalue weighted by Gasteiger charge is -2.25. The highest BCUT2D eigenvalue weighted by molar-refractivity contribution is 6.50. The third kappa shape index (κ3) is 7.36. The van der Waals surface area contributed by atoms with Crippen molar-refractivity contribution in [2.75, 3.05) is 4.90 Å². The smallest absolute Gasteiger partial charge is 0.418 e. The Morgan fingerprint density at radius 3 is 1.78 bits per heavy atom. The van der Waals surface area contributed by atoms with Crippen LogP contribution >= 0.6 is 0 Å². The average Bonchev–Trinajstić information content (AvgIpc) is 3.15. The molecule has 0 bridgehead atoms. The Balaban J connectivity index is 0.000000830. The van der Waals surface area contributed by atoms with Crippen LogP contribution in [-0.4, -0.2) is 30.3 Å². The van der Waals surface area contributed by atoms with Crippen LogP contribution in [0.1, 0.15) is 85.8 Å². The summed E-state index contributed by atoms with van der Waals surface area (Å²) in [6.07, 6.45) is 9.98. The molecule has 0 N–H and O–H groups in total. The van der Waals surface area contributed by atoms with Crippen molar-refractivity contribution in [3.63, 3.8) is 0 Å². The zero-order valence-electron chi connectivity index (χ0n) is 23.3. The SMILES string of the molecule is CCCCC1C(CCCC)[N+](c2ccc(C)c(C)c2C)=CN1c1ccc(C)c(C)c1C.F[B-](F)(F)F. The average molecular weight is 506 g/mol. The normalized spacial score (nSPS) is 17.7.